The van der Waals surface area contributed by atoms with Gasteiger partial charge in [0.1, 0.15) is 0 Å². The van der Waals surface area contributed by atoms with Crippen molar-refractivity contribution in [2.45, 2.75) is 31.2 Å². The highest BCUT2D eigenvalue weighted by atomic mass is 35.5. The number of halogens is 1. The highest BCUT2D eigenvalue weighted by molar-refractivity contribution is 6.94. The van der Waals surface area contributed by atoms with Crippen LogP contribution in [0.2, 0.25) is 4.55 Å². The summed E-state index contributed by atoms with van der Waals surface area (Å²) in [7, 11) is 5.91. The lowest BCUT2D eigenvalue weighted by Crippen LogP contribution is -2.48. The van der Waals surface area contributed by atoms with Gasteiger partial charge in [0.2, 0.25) is 0 Å². The van der Waals surface area contributed by atoms with Crippen molar-refractivity contribution in [1.29, 1.82) is 0 Å². The molecule has 2 unspecified atom stereocenters. The maximum atomic E-state index is 5.91. The van der Waals surface area contributed by atoms with Gasteiger partial charge in [-0.05, 0) is 30.1 Å². The van der Waals surface area contributed by atoms with E-state index in [0.29, 0.717) is 5.41 Å². The lowest BCUT2D eigenvalue weighted by molar-refractivity contribution is -0.00575. The van der Waals surface area contributed by atoms with Crippen molar-refractivity contribution in [2.75, 3.05) is 0 Å². The summed E-state index contributed by atoms with van der Waals surface area (Å²) < 4.78 is 1.25. The van der Waals surface area contributed by atoms with E-state index in [1.807, 2.05) is 0 Å². The molecule has 0 N–H and O–H groups in total. The van der Waals surface area contributed by atoms with Crippen LogP contribution in [0.3, 0.4) is 0 Å². The first kappa shape index (κ1) is 9.36. The molecule has 3 rings (SSSR count). The molecular weight excluding hydrogens is 180 g/mol. The summed E-state index contributed by atoms with van der Waals surface area (Å²) in [4.78, 5) is 0. The van der Waals surface area contributed by atoms with Crippen molar-refractivity contribution in [3.8, 4) is 0 Å². The number of hydrogen-bond acceptors (Lipinski definition) is 0. The maximum absolute atomic E-state index is 5.91. The molecule has 1 fully saturated rings. The molecule has 0 amide bonds. The van der Waals surface area contributed by atoms with Crippen LogP contribution in [0.15, 0.2) is 11.6 Å². The Labute approximate surface area is 88.2 Å². The van der Waals surface area contributed by atoms with Crippen LogP contribution in [0.1, 0.15) is 26.7 Å². The summed E-state index contributed by atoms with van der Waals surface area (Å²) in [5.41, 5.74) is 2.30. The van der Waals surface area contributed by atoms with Crippen LogP contribution >= 0.6 is 9.07 Å². The van der Waals surface area contributed by atoms with Crippen LogP contribution in [0.4, 0.5) is 0 Å². The molecule has 0 heterocycles. The largest absolute Gasteiger partial charge is 0.505 e. The van der Waals surface area contributed by atoms with Crippen molar-refractivity contribution >= 4 is 28.3 Å². The third-order valence-electron chi connectivity index (χ3n) is 3.97. The van der Waals surface area contributed by atoms with Crippen LogP contribution < -0.4 is 0 Å². The lowest BCUT2D eigenvalue weighted by Gasteiger charge is -2.56. The molecule has 64 valence electrons. The zero-order chi connectivity index (χ0) is 8.77. The second-order valence-corrected chi connectivity index (χ2v) is 6.77. The number of hydrogen-bond donors (Lipinski definition) is 0. The van der Waals surface area contributed by atoms with E-state index < -0.39 is 0 Å². The molecule has 2 bridgehead atoms. The van der Waals surface area contributed by atoms with Gasteiger partial charge in [-0.15, -0.1) is 4.55 Å². The predicted octanol–water partition coefficient (Wildman–Crippen LogP) is 3.26. The lowest BCUT2D eigenvalue weighted by atomic mass is 9.49. The Balaban J connectivity index is 2.13. The maximum Gasteiger partial charge on any atom is 0.505 e. The zero-order valence-electron chi connectivity index (χ0n) is 7.94. The molecule has 2 atom stereocenters. The first-order valence-corrected chi connectivity index (χ1v) is 8.05. The summed E-state index contributed by atoms with van der Waals surface area (Å²) in [6.07, 6.45) is 5.24. The van der Waals surface area contributed by atoms with Gasteiger partial charge in [0.25, 0.3) is 0 Å². The summed E-state index contributed by atoms with van der Waals surface area (Å²) in [6, 6.07) is 0. The molecule has 2 heteroatoms. The molecule has 0 aromatic heterocycles. The highest BCUT2D eigenvalue weighted by Crippen LogP contribution is 2.59. The quantitative estimate of drug-likeness (QED) is 0.468. The van der Waals surface area contributed by atoms with Crippen molar-refractivity contribution in [3.63, 3.8) is 0 Å². The highest BCUT2D eigenvalue weighted by Gasteiger charge is 2.50. The van der Waals surface area contributed by atoms with Crippen LogP contribution in [-0.4, -0.2) is 19.3 Å². The van der Waals surface area contributed by atoms with Crippen molar-refractivity contribution in [1.82, 2.24) is 0 Å². The molecule has 3 aliphatic rings. The van der Waals surface area contributed by atoms with Gasteiger partial charge in [-0.1, -0.05) is 25.5 Å². The van der Waals surface area contributed by atoms with E-state index in [1.165, 1.54) is 17.4 Å². The topological polar surface area (TPSA) is 0 Å². The normalized spacial score (nSPS) is 36.4. The Morgan fingerprint density at radius 2 is 2.42 bits per heavy atom. The Morgan fingerprint density at radius 3 is 2.92 bits per heavy atom. The molecule has 0 nitrogen and oxygen atoms in total. The number of fused-ring (bicyclic) bond motifs is 1. The molecule has 1 saturated carbocycles. The van der Waals surface area contributed by atoms with Gasteiger partial charge in [0, 0.05) is 0 Å². The SMILES string of the molecule is CC1(C)C2CC=C([CH2][Mg][Cl])C1C2. The van der Waals surface area contributed by atoms with Crippen LogP contribution in [0.25, 0.3) is 0 Å². The van der Waals surface area contributed by atoms with Gasteiger partial charge in [0.15, 0.2) is 0 Å². The van der Waals surface area contributed by atoms with Crippen LogP contribution in [-0.2, 0) is 0 Å². The first-order valence-electron chi connectivity index (χ1n) is 4.91. The predicted molar refractivity (Wildman–Crippen MR) is 54.5 cm³/mol. The molecule has 0 aliphatic heterocycles. The third kappa shape index (κ3) is 1.25. The van der Waals surface area contributed by atoms with Gasteiger partial charge >= 0.3 is 19.3 Å². The Hall–Kier alpha value is 0.796. The van der Waals surface area contributed by atoms with E-state index in [9.17, 15) is 0 Å². The second kappa shape index (κ2) is 3.18. The fourth-order valence-corrected chi connectivity index (χ4v) is 4.29. The molecule has 0 aromatic rings. The van der Waals surface area contributed by atoms with Gasteiger partial charge in [0.05, 0.1) is 0 Å². The van der Waals surface area contributed by atoms with Crippen LogP contribution in [0.5, 0.6) is 0 Å². The smallest absolute Gasteiger partial charge is 0.346 e. The van der Waals surface area contributed by atoms with E-state index in [-0.39, 0.29) is 19.3 Å². The summed E-state index contributed by atoms with van der Waals surface area (Å²) >= 11 is -0.283. The van der Waals surface area contributed by atoms with Crippen molar-refractivity contribution in [3.05, 3.63) is 11.6 Å². The molecule has 0 aromatic carbocycles. The molecular formula is C10H15ClMg. The van der Waals surface area contributed by atoms with E-state index in [4.69, 9.17) is 9.07 Å². The third-order valence-corrected chi connectivity index (χ3v) is 5.30. The van der Waals surface area contributed by atoms with Crippen molar-refractivity contribution in [2.24, 2.45) is 17.3 Å². The zero-order valence-corrected chi connectivity index (χ0v) is 10.1. The molecule has 0 spiro atoms. The van der Waals surface area contributed by atoms with Gasteiger partial charge in [-0.25, -0.2) is 0 Å². The van der Waals surface area contributed by atoms with E-state index in [1.54, 1.807) is 5.57 Å². The minimum Gasteiger partial charge on any atom is -0.346 e. The second-order valence-electron chi connectivity index (χ2n) is 4.76. The minimum atomic E-state index is -0.283. The monoisotopic (exact) mass is 194 g/mol. The van der Waals surface area contributed by atoms with E-state index >= 15 is 0 Å². The molecule has 3 aliphatic carbocycles. The minimum absolute atomic E-state index is 0.283. The first-order chi connectivity index (χ1) is 5.66. The fourth-order valence-electron chi connectivity index (χ4n) is 2.87. The van der Waals surface area contributed by atoms with Gasteiger partial charge in [-0.2, -0.15) is 0 Å². The Morgan fingerprint density at radius 1 is 1.67 bits per heavy atom. The summed E-state index contributed by atoms with van der Waals surface area (Å²) in [6.45, 7) is 4.85. The number of allylic oxidation sites excluding steroid dienone is 2. The fraction of sp³-hybridized carbons (Fsp3) is 0.800. The van der Waals surface area contributed by atoms with Gasteiger partial charge in [-0.3, -0.25) is 0 Å². The summed E-state index contributed by atoms with van der Waals surface area (Å²) in [5, 5.41) is 0. The van der Waals surface area contributed by atoms with Crippen molar-refractivity contribution < 1.29 is 0 Å². The summed E-state index contributed by atoms with van der Waals surface area (Å²) in [5.74, 6) is 1.87. The molecule has 12 heavy (non-hydrogen) atoms. The molecule has 0 radical (unpaired) electrons. The van der Waals surface area contributed by atoms with E-state index in [0.717, 1.165) is 11.8 Å². The van der Waals surface area contributed by atoms with Crippen LogP contribution in [0, 0.1) is 17.3 Å². The average Bonchev–Trinajstić information content (AvgIpc) is 2.05. The Bertz CT molecular complexity index is 220. The van der Waals surface area contributed by atoms with E-state index in [2.05, 4.69) is 19.9 Å². The van der Waals surface area contributed by atoms with Gasteiger partial charge < -0.3 is 9.07 Å². The standard InChI is InChI=1S/C10H15.ClH.Mg/c1-7-4-5-8-6-9(7)10(8,2)3;;/h4,8-9H,1,5-6H2,2-3H3;1H;/q;;+1/p-1. The number of rotatable bonds is 2. The average molecular weight is 195 g/mol. The Kier molecular flexibility index (Phi) is 2.48. The molecule has 0 saturated heterocycles.